The number of aromatic nitrogens is 1. The molecule has 1 aliphatic heterocycles. The number of carboxylic acids is 1. The molecule has 1 aromatic carbocycles. The summed E-state index contributed by atoms with van der Waals surface area (Å²) in [5, 5.41) is 10.7. The van der Waals surface area contributed by atoms with Crippen molar-refractivity contribution in [1.29, 1.82) is 0 Å². The SMILES string of the molecule is Cc1cc(C(=O)O)c2c(c1)c(CCN1CCCC1)cn2CCCN. The Balaban J connectivity index is 1.99. The standard InChI is InChI=1S/C19H27N3O2/c1-14-11-16-15(5-10-21-7-2-3-8-21)13-22(9-4-6-20)18(16)17(12-14)19(23)24/h11-13H,2-10,20H2,1H3,(H,23,24). The zero-order valence-corrected chi connectivity index (χ0v) is 14.4. The molecule has 0 atom stereocenters. The summed E-state index contributed by atoms with van der Waals surface area (Å²) in [4.78, 5) is 14.2. The van der Waals surface area contributed by atoms with Crippen LogP contribution in [0.2, 0.25) is 0 Å². The van der Waals surface area contributed by atoms with Gasteiger partial charge >= 0.3 is 5.97 Å². The normalized spacial score (nSPS) is 15.4. The van der Waals surface area contributed by atoms with Gasteiger partial charge in [0, 0.05) is 24.7 Å². The molecular formula is C19H27N3O2. The van der Waals surface area contributed by atoms with Gasteiger partial charge in [-0.1, -0.05) is 0 Å². The highest BCUT2D eigenvalue weighted by molar-refractivity contribution is 6.03. The van der Waals surface area contributed by atoms with E-state index in [2.05, 4.69) is 21.7 Å². The Kier molecular flexibility index (Phi) is 5.21. The number of benzene rings is 1. The van der Waals surface area contributed by atoms with E-state index in [-0.39, 0.29) is 0 Å². The van der Waals surface area contributed by atoms with Gasteiger partial charge in [0.1, 0.15) is 0 Å². The van der Waals surface area contributed by atoms with Crippen molar-refractivity contribution in [1.82, 2.24) is 9.47 Å². The van der Waals surface area contributed by atoms with E-state index < -0.39 is 5.97 Å². The molecule has 130 valence electrons. The number of nitrogens with zero attached hydrogens (tertiary/aromatic N) is 2. The van der Waals surface area contributed by atoms with Crippen LogP contribution in [0.4, 0.5) is 0 Å². The average Bonchev–Trinajstić information content (AvgIpc) is 3.18. The van der Waals surface area contributed by atoms with Crippen molar-refractivity contribution in [3.63, 3.8) is 0 Å². The first-order valence-electron chi connectivity index (χ1n) is 8.88. The van der Waals surface area contributed by atoms with E-state index in [0.29, 0.717) is 12.1 Å². The third-order valence-electron chi connectivity index (χ3n) is 4.93. The molecule has 1 fully saturated rings. The second-order valence-electron chi connectivity index (χ2n) is 6.80. The summed E-state index contributed by atoms with van der Waals surface area (Å²) >= 11 is 0. The van der Waals surface area contributed by atoms with E-state index >= 15 is 0 Å². The summed E-state index contributed by atoms with van der Waals surface area (Å²) in [5.74, 6) is -0.859. The van der Waals surface area contributed by atoms with Crippen LogP contribution in [-0.4, -0.2) is 46.7 Å². The molecule has 3 N–H and O–H groups in total. The Morgan fingerprint density at radius 2 is 2.00 bits per heavy atom. The monoisotopic (exact) mass is 329 g/mol. The van der Waals surface area contributed by atoms with Gasteiger partial charge in [-0.3, -0.25) is 0 Å². The summed E-state index contributed by atoms with van der Waals surface area (Å²) in [7, 11) is 0. The van der Waals surface area contributed by atoms with E-state index in [1.165, 1.54) is 31.5 Å². The van der Waals surface area contributed by atoms with E-state index in [9.17, 15) is 9.90 Å². The third kappa shape index (κ3) is 3.47. The molecule has 3 rings (SSSR count). The van der Waals surface area contributed by atoms with Crippen molar-refractivity contribution in [3.05, 3.63) is 35.0 Å². The van der Waals surface area contributed by atoms with Crippen LogP contribution in [0.25, 0.3) is 10.9 Å². The fourth-order valence-corrected chi connectivity index (χ4v) is 3.74. The van der Waals surface area contributed by atoms with Crippen molar-refractivity contribution in [2.75, 3.05) is 26.2 Å². The topological polar surface area (TPSA) is 71.5 Å². The predicted octanol–water partition coefficient (Wildman–Crippen LogP) is 2.64. The minimum Gasteiger partial charge on any atom is -0.478 e. The molecule has 0 amide bonds. The Bertz CT molecular complexity index is 730. The van der Waals surface area contributed by atoms with Crippen LogP contribution in [0.5, 0.6) is 0 Å². The van der Waals surface area contributed by atoms with Crippen LogP contribution in [0, 0.1) is 6.92 Å². The molecule has 1 aromatic heterocycles. The van der Waals surface area contributed by atoms with Crippen molar-refractivity contribution < 1.29 is 9.90 Å². The quantitative estimate of drug-likeness (QED) is 0.819. The van der Waals surface area contributed by atoms with Crippen molar-refractivity contribution in [2.24, 2.45) is 5.73 Å². The van der Waals surface area contributed by atoms with Crippen LogP contribution in [0.1, 0.15) is 40.7 Å². The maximum absolute atomic E-state index is 11.7. The fraction of sp³-hybridized carbons (Fsp3) is 0.526. The van der Waals surface area contributed by atoms with E-state index in [4.69, 9.17) is 5.73 Å². The van der Waals surface area contributed by atoms with Gasteiger partial charge in [-0.2, -0.15) is 0 Å². The van der Waals surface area contributed by atoms with Crippen LogP contribution in [0.3, 0.4) is 0 Å². The van der Waals surface area contributed by atoms with E-state index in [1.54, 1.807) is 6.07 Å². The van der Waals surface area contributed by atoms with Gasteiger partial charge in [-0.05, 0) is 75.5 Å². The van der Waals surface area contributed by atoms with Crippen LogP contribution in [0.15, 0.2) is 18.3 Å². The molecule has 24 heavy (non-hydrogen) atoms. The molecule has 0 spiro atoms. The number of likely N-dealkylation sites (tertiary alicyclic amines) is 1. The van der Waals surface area contributed by atoms with Gasteiger partial charge in [0.15, 0.2) is 0 Å². The van der Waals surface area contributed by atoms with Gasteiger partial charge in [-0.15, -0.1) is 0 Å². The Morgan fingerprint density at radius 3 is 2.67 bits per heavy atom. The number of carboxylic acid groups (broad SMARTS) is 1. The van der Waals surface area contributed by atoms with Crippen molar-refractivity contribution in [3.8, 4) is 0 Å². The van der Waals surface area contributed by atoms with Gasteiger partial charge in [0.25, 0.3) is 0 Å². The number of aryl methyl sites for hydroxylation is 2. The Labute approximate surface area is 143 Å². The molecule has 1 saturated heterocycles. The number of rotatable bonds is 7. The second kappa shape index (κ2) is 7.36. The first kappa shape index (κ1) is 17.0. The molecule has 0 saturated carbocycles. The Hall–Kier alpha value is -1.85. The highest BCUT2D eigenvalue weighted by Crippen LogP contribution is 2.28. The largest absolute Gasteiger partial charge is 0.478 e. The summed E-state index contributed by atoms with van der Waals surface area (Å²) in [5.41, 5.74) is 9.15. The lowest BCUT2D eigenvalue weighted by Crippen LogP contribution is -2.21. The number of fused-ring (bicyclic) bond motifs is 1. The molecule has 5 nitrogen and oxygen atoms in total. The maximum atomic E-state index is 11.7. The lowest BCUT2D eigenvalue weighted by molar-refractivity contribution is 0.0698. The summed E-state index contributed by atoms with van der Waals surface area (Å²) in [6.07, 6.45) is 6.54. The summed E-state index contributed by atoms with van der Waals surface area (Å²) < 4.78 is 2.09. The van der Waals surface area contributed by atoms with Crippen molar-refractivity contribution in [2.45, 2.75) is 39.2 Å². The highest BCUT2D eigenvalue weighted by Gasteiger charge is 2.18. The van der Waals surface area contributed by atoms with Gasteiger partial charge in [-0.25, -0.2) is 4.79 Å². The number of hydrogen-bond acceptors (Lipinski definition) is 3. The zero-order chi connectivity index (χ0) is 17.1. The van der Waals surface area contributed by atoms with Gasteiger partial charge < -0.3 is 20.3 Å². The molecule has 1 aliphatic rings. The molecule has 0 unspecified atom stereocenters. The van der Waals surface area contributed by atoms with Gasteiger partial charge in [0.05, 0.1) is 11.1 Å². The predicted molar refractivity (Wildman–Crippen MR) is 96.7 cm³/mol. The molecule has 2 heterocycles. The zero-order valence-electron chi connectivity index (χ0n) is 14.4. The third-order valence-corrected chi connectivity index (χ3v) is 4.93. The molecule has 0 bridgehead atoms. The average molecular weight is 329 g/mol. The molecule has 5 heteroatoms. The second-order valence-corrected chi connectivity index (χ2v) is 6.80. The Morgan fingerprint density at radius 1 is 1.25 bits per heavy atom. The van der Waals surface area contributed by atoms with Crippen molar-refractivity contribution >= 4 is 16.9 Å². The smallest absolute Gasteiger partial charge is 0.337 e. The molecule has 0 aliphatic carbocycles. The minimum absolute atomic E-state index is 0.398. The highest BCUT2D eigenvalue weighted by atomic mass is 16.4. The lowest BCUT2D eigenvalue weighted by atomic mass is 10.0. The van der Waals surface area contributed by atoms with E-state index in [1.807, 2.05) is 6.92 Å². The van der Waals surface area contributed by atoms with E-state index in [0.717, 1.165) is 42.4 Å². The molecule has 2 aromatic rings. The molecular weight excluding hydrogens is 302 g/mol. The fourth-order valence-electron chi connectivity index (χ4n) is 3.74. The number of nitrogens with two attached hydrogens (primary N) is 1. The van der Waals surface area contributed by atoms with Gasteiger partial charge in [0.2, 0.25) is 0 Å². The van der Waals surface area contributed by atoms with Crippen LogP contribution in [-0.2, 0) is 13.0 Å². The minimum atomic E-state index is -0.859. The number of aromatic carboxylic acids is 1. The summed E-state index contributed by atoms with van der Waals surface area (Å²) in [6, 6.07) is 3.90. The first-order chi connectivity index (χ1) is 11.6. The van der Waals surface area contributed by atoms with Crippen LogP contribution < -0.4 is 5.73 Å². The lowest BCUT2D eigenvalue weighted by Gasteiger charge is -2.13. The number of carbonyl (C=O) groups is 1. The number of hydrogen-bond donors (Lipinski definition) is 2. The maximum Gasteiger partial charge on any atom is 0.337 e. The molecule has 0 radical (unpaired) electrons. The first-order valence-corrected chi connectivity index (χ1v) is 8.88. The summed E-state index contributed by atoms with van der Waals surface area (Å²) in [6.45, 7) is 6.76. The van der Waals surface area contributed by atoms with Crippen LogP contribution >= 0.6 is 0 Å².